The number of hydrogen-bond donors (Lipinski definition) is 1. The van der Waals surface area contributed by atoms with Gasteiger partial charge in [0.2, 0.25) is 0 Å². The van der Waals surface area contributed by atoms with Gasteiger partial charge in [0, 0.05) is 19.3 Å². The van der Waals surface area contributed by atoms with Gasteiger partial charge in [-0.25, -0.2) is 4.98 Å². The van der Waals surface area contributed by atoms with E-state index in [4.69, 9.17) is 0 Å². The largest absolute Gasteiger partial charge is 0.333 e. The Kier molecular flexibility index (Phi) is 5.24. The molecular formula is C15H27N3. The molecule has 0 unspecified atom stereocenters. The summed E-state index contributed by atoms with van der Waals surface area (Å²) < 4.78 is 2.35. The van der Waals surface area contributed by atoms with Gasteiger partial charge in [0.15, 0.2) is 0 Å². The van der Waals surface area contributed by atoms with Crippen LogP contribution in [0.1, 0.15) is 51.6 Å². The van der Waals surface area contributed by atoms with Crippen LogP contribution in [0, 0.1) is 11.8 Å². The maximum absolute atomic E-state index is 4.30. The first-order valence-electron chi connectivity index (χ1n) is 7.49. The number of nitrogens with zero attached hydrogens (tertiary/aromatic N) is 2. The Labute approximate surface area is 111 Å². The van der Waals surface area contributed by atoms with Crippen LogP contribution in [-0.2, 0) is 13.1 Å². The topological polar surface area (TPSA) is 29.9 Å². The molecule has 0 saturated heterocycles. The summed E-state index contributed by atoms with van der Waals surface area (Å²) in [6, 6.07) is 0. The van der Waals surface area contributed by atoms with Gasteiger partial charge in [0.25, 0.3) is 0 Å². The van der Waals surface area contributed by atoms with E-state index in [1.165, 1.54) is 37.8 Å². The van der Waals surface area contributed by atoms with E-state index in [0.717, 1.165) is 31.5 Å². The number of rotatable bonds is 6. The van der Waals surface area contributed by atoms with Gasteiger partial charge in [-0.05, 0) is 37.6 Å². The van der Waals surface area contributed by atoms with Crippen molar-refractivity contribution < 1.29 is 0 Å². The van der Waals surface area contributed by atoms with Crippen LogP contribution in [0.2, 0.25) is 0 Å². The van der Waals surface area contributed by atoms with Crippen molar-refractivity contribution in [1.82, 2.24) is 14.9 Å². The molecule has 1 aliphatic rings. The predicted octanol–water partition coefficient (Wildman–Crippen LogP) is 3.21. The molecule has 18 heavy (non-hydrogen) atoms. The summed E-state index contributed by atoms with van der Waals surface area (Å²) >= 11 is 0. The molecule has 0 bridgehead atoms. The van der Waals surface area contributed by atoms with Crippen LogP contribution in [0.4, 0.5) is 0 Å². The number of hydrogen-bond acceptors (Lipinski definition) is 2. The molecule has 1 N–H and O–H groups in total. The first kappa shape index (κ1) is 13.6. The maximum atomic E-state index is 4.30. The fourth-order valence-corrected chi connectivity index (χ4v) is 2.84. The van der Waals surface area contributed by atoms with Gasteiger partial charge in [-0.3, -0.25) is 0 Å². The highest BCUT2D eigenvalue weighted by Gasteiger charge is 2.19. The van der Waals surface area contributed by atoms with Crippen LogP contribution in [-0.4, -0.2) is 16.1 Å². The molecule has 1 fully saturated rings. The van der Waals surface area contributed by atoms with Gasteiger partial charge in [-0.2, -0.15) is 0 Å². The summed E-state index contributed by atoms with van der Waals surface area (Å²) in [4.78, 5) is 4.30. The zero-order valence-corrected chi connectivity index (χ0v) is 11.9. The highest BCUT2D eigenvalue weighted by molar-refractivity contribution is 4.98. The van der Waals surface area contributed by atoms with E-state index in [1.807, 2.05) is 12.5 Å². The standard InChI is InChI=1S/C15H27N3/c1-3-8-16-9-15-10-17-12-18(15)11-14-6-4-13(2)5-7-14/h10,12-14,16H,3-9,11H2,1-2H3. The second-order valence-electron chi connectivity index (χ2n) is 5.84. The second-order valence-corrected chi connectivity index (χ2v) is 5.84. The smallest absolute Gasteiger partial charge is 0.0948 e. The summed E-state index contributed by atoms with van der Waals surface area (Å²) in [5.41, 5.74) is 1.34. The van der Waals surface area contributed by atoms with Gasteiger partial charge < -0.3 is 9.88 Å². The Hall–Kier alpha value is -0.830. The lowest BCUT2D eigenvalue weighted by molar-refractivity contribution is 0.262. The van der Waals surface area contributed by atoms with Crippen molar-refractivity contribution in [2.75, 3.05) is 6.54 Å². The second kappa shape index (κ2) is 6.93. The highest BCUT2D eigenvalue weighted by Crippen LogP contribution is 2.29. The van der Waals surface area contributed by atoms with Gasteiger partial charge in [-0.15, -0.1) is 0 Å². The molecule has 1 aromatic heterocycles. The Morgan fingerprint density at radius 2 is 2.11 bits per heavy atom. The van der Waals surface area contributed by atoms with E-state index in [0.29, 0.717) is 0 Å². The van der Waals surface area contributed by atoms with Crippen LogP contribution in [0.3, 0.4) is 0 Å². The molecule has 102 valence electrons. The van der Waals surface area contributed by atoms with Crippen molar-refractivity contribution in [3.8, 4) is 0 Å². The molecule has 0 aromatic carbocycles. The van der Waals surface area contributed by atoms with Crippen molar-refractivity contribution in [1.29, 1.82) is 0 Å². The molecule has 2 rings (SSSR count). The van der Waals surface area contributed by atoms with E-state index in [-0.39, 0.29) is 0 Å². The molecule has 0 radical (unpaired) electrons. The summed E-state index contributed by atoms with van der Waals surface area (Å²) in [6.07, 6.45) is 10.8. The number of aromatic nitrogens is 2. The zero-order chi connectivity index (χ0) is 12.8. The van der Waals surface area contributed by atoms with Crippen molar-refractivity contribution in [2.45, 2.75) is 59.0 Å². The average Bonchev–Trinajstić information content (AvgIpc) is 2.80. The van der Waals surface area contributed by atoms with E-state index in [1.54, 1.807) is 0 Å². The van der Waals surface area contributed by atoms with E-state index >= 15 is 0 Å². The molecule has 3 heteroatoms. The molecule has 3 nitrogen and oxygen atoms in total. The molecule has 0 aliphatic heterocycles. The summed E-state index contributed by atoms with van der Waals surface area (Å²) in [7, 11) is 0. The van der Waals surface area contributed by atoms with Crippen LogP contribution in [0.25, 0.3) is 0 Å². The van der Waals surface area contributed by atoms with Crippen molar-refractivity contribution in [3.05, 3.63) is 18.2 Å². The van der Waals surface area contributed by atoms with E-state index < -0.39 is 0 Å². The van der Waals surface area contributed by atoms with Crippen LogP contribution in [0.15, 0.2) is 12.5 Å². The first-order chi connectivity index (χ1) is 8.79. The minimum absolute atomic E-state index is 0.861. The fourth-order valence-electron chi connectivity index (χ4n) is 2.84. The lowest BCUT2D eigenvalue weighted by atomic mass is 9.83. The van der Waals surface area contributed by atoms with Crippen molar-refractivity contribution >= 4 is 0 Å². The minimum atomic E-state index is 0.861. The summed E-state index contributed by atoms with van der Waals surface area (Å²) in [5.74, 6) is 1.80. The van der Waals surface area contributed by atoms with E-state index in [9.17, 15) is 0 Å². The Bertz CT molecular complexity index is 337. The van der Waals surface area contributed by atoms with E-state index in [2.05, 4.69) is 28.7 Å². The first-order valence-corrected chi connectivity index (χ1v) is 7.49. The quantitative estimate of drug-likeness (QED) is 0.785. The SMILES string of the molecule is CCCNCc1cncn1CC1CCC(C)CC1. The zero-order valence-electron chi connectivity index (χ0n) is 11.9. The fraction of sp³-hybridized carbons (Fsp3) is 0.800. The molecule has 1 saturated carbocycles. The molecule has 1 heterocycles. The molecule has 1 aliphatic carbocycles. The third kappa shape index (κ3) is 3.84. The molecule has 0 amide bonds. The predicted molar refractivity (Wildman–Crippen MR) is 75.3 cm³/mol. The normalized spacial score (nSPS) is 24.3. The Morgan fingerprint density at radius 1 is 1.33 bits per heavy atom. The molecular weight excluding hydrogens is 222 g/mol. The van der Waals surface area contributed by atoms with Crippen LogP contribution < -0.4 is 5.32 Å². The lowest BCUT2D eigenvalue weighted by Crippen LogP contribution is -2.21. The Balaban J connectivity index is 1.83. The van der Waals surface area contributed by atoms with Gasteiger partial charge in [-0.1, -0.05) is 26.7 Å². The summed E-state index contributed by atoms with van der Waals surface area (Å²) in [5, 5.41) is 3.46. The third-order valence-electron chi connectivity index (χ3n) is 4.12. The molecule has 0 atom stereocenters. The molecule has 0 spiro atoms. The van der Waals surface area contributed by atoms with Crippen LogP contribution >= 0.6 is 0 Å². The highest BCUT2D eigenvalue weighted by atomic mass is 15.1. The lowest BCUT2D eigenvalue weighted by Gasteiger charge is -2.26. The third-order valence-corrected chi connectivity index (χ3v) is 4.12. The van der Waals surface area contributed by atoms with Gasteiger partial charge >= 0.3 is 0 Å². The summed E-state index contributed by atoms with van der Waals surface area (Å²) in [6.45, 7) is 7.79. The molecule has 1 aromatic rings. The maximum Gasteiger partial charge on any atom is 0.0948 e. The van der Waals surface area contributed by atoms with Gasteiger partial charge in [0.1, 0.15) is 0 Å². The minimum Gasteiger partial charge on any atom is -0.333 e. The van der Waals surface area contributed by atoms with Crippen molar-refractivity contribution in [2.24, 2.45) is 11.8 Å². The van der Waals surface area contributed by atoms with Crippen molar-refractivity contribution in [3.63, 3.8) is 0 Å². The average molecular weight is 249 g/mol. The number of imidazole rings is 1. The van der Waals surface area contributed by atoms with Gasteiger partial charge in [0.05, 0.1) is 12.0 Å². The number of nitrogens with one attached hydrogen (secondary N) is 1. The monoisotopic (exact) mass is 249 g/mol. The van der Waals surface area contributed by atoms with Crippen LogP contribution in [0.5, 0.6) is 0 Å². The Morgan fingerprint density at radius 3 is 2.83 bits per heavy atom.